The second-order valence-electron chi connectivity index (χ2n) is 4.06. The molecule has 1 aromatic carbocycles. The lowest BCUT2D eigenvalue weighted by atomic mass is 10.3. The van der Waals surface area contributed by atoms with Crippen LogP contribution in [0.15, 0.2) is 36.7 Å². The summed E-state index contributed by atoms with van der Waals surface area (Å²) >= 11 is 0. The quantitative estimate of drug-likeness (QED) is 0.905. The third-order valence-electron chi connectivity index (χ3n) is 2.35. The van der Waals surface area contributed by atoms with Gasteiger partial charge in [0, 0.05) is 6.20 Å². The van der Waals surface area contributed by atoms with E-state index in [-0.39, 0.29) is 12.2 Å². The molecule has 1 aromatic heterocycles. The molecule has 0 fully saturated rings. The zero-order chi connectivity index (χ0) is 15.5. The number of amides is 1. The summed E-state index contributed by atoms with van der Waals surface area (Å²) in [4.78, 5) is 11.8. The zero-order valence-electron chi connectivity index (χ0n) is 10.6. The Morgan fingerprint density at radius 2 is 2.10 bits per heavy atom. The molecule has 0 aliphatic heterocycles. The number of nitrogens with zero attached hydrogens (tertiary/aromatic N) is 2. The average Bonchev–Trinajstić information content (AvgIpc) is 2.75. The molecule has 6 nitrogen and oxygen atoms in total. The Morgan fingerprint density at radius 3 is 2.71 bits per heavy atom. The zero-order valence-corrected chi connectivity index (χ0v) is 10.6. The summed E-state index contributed by atoms with van der Waals surface area (Å²) in [6.45, 7) is -0.183. The Hall–Kier alpha value is -2.71. The fraction of sp³-hybridized carbons (Fsp3) is 0.167. The molecule has 9 heteroatoms. The van der Waals surface area contributed by atoms with Crippen molar-refractivity contribution in [2.45, 2.75) is 12.9 Å². The fourth-order valence-corrected chi connectivity index (χ4v) is 1.59. The number of carbonyl (C=O) groups is 1. The van der Waals surface area contributed by atoms with Crippen molar-refractivity contribution in [3.63, 3.8) is 0 Å². The number of carbonyl (C=O) groups excluding carboxylic acids is 1. The first-order valence-electron chi connectivity index (χ1n) is 5.76. The highest BCUT2D eigenvalue weighted by atomic mass is 19.4. The number of para-hydroxylation sites is 2. The number of nitrogen functional groups attached to an aromatic ring is 1. The van der Waals surface area contributed by atoms with E-state index in [9.17, 15) is 18.0 Å². The van der Waals surface area contributed by atoms with Crippen molar-refractivity contribution in [2.75, 3.05) is 11.1 Å². The summed E-state index contributed by atoms with van der Waals surface area (Å²) in [6, 6.07) is 5.25. The third-order valence-corrected chi connectivity index (χ3v) is 2.35. The van der Waals surface area contributed by atoms with Crippen molar-refractivity contribution in [1.29, 1.82) is 0 Å². The van der Waals surface area contributed by atoms with E-state index in [1.807, 2.05) is 0 Å². The van der Waals surface area contributed by atoms with Gasteiger partial charge in [0.25, 0.3) is 0 Å². The molecular formula is C12H11F3N4O2. The number of aromatic nitrogens is 2. The molecule has 0 bridgehead atoms. The number of ether oxygens (including phenoxy) is 1. The normalized spacial score (nSPS) is 11.2. The Kier molecular flexibility index (Phi) is 4.01. The molecule has 3 N–H and O–H groups in total. The van der Waals surface area contributed by atoms with Gasteiger partial charge < -0.3 is 15.8 Å². The van der Waals surface area contributed by atoms with E-state index in [2.05, 4.69) is 15.2 Å². The van der Waals surface area contributed by atoms with Gasteiger partial charge in [-0.25, -0.2) is 0 Å². The Bertz CT molecular complexity index is 639. The lowest BCUT2D eigenvalue weighted by Gasteiger charge is -2.13. The van der Waals surface area contributed by atoms with Gasteiger partial charge in [-0.3, -0.25) is 9.48 Å². The van der Waals surface area contributed by atoms with Crippen LogP contribution in [0.5, 0.6) is 5.75 Å². The summed E-state index contributed by atoms with van der Waals surface area (Å²) in [5, 5.41) is 6.12. The Morgan fingerprint density at radius 1 is 1.38 bits per heavy atom. The summed E-state index contributed by atoms with van der Waals surface area (Å²) in [5.74, 6) is -1.05. The van der Waals surface area contributed by atoms with Crippen molar-refractivity contribution < 1.29 is 22.7 Å². The van der Waals surface area contributed by atoms with Crippen molar-refractivity contribution in [3.05, 3.63) is 36.7 Å². The number of halogens is 3. The van der Waals surface area contributed by atoms with Gasteiger partial charge >= 0.3 is 6.36 Å². The first kappa shape index (κ1) is 14.7. The minimum absolute atomic E-state index is 0.0834. The number of alkyl halides is 3. The number of nitrogens with two attached hydrogens (primary N) is 1. The molecule has 0 aliphatic carbocycles. The molecule has 21 heavy (non-hydrogen) atoms. The minimum atomic E-state index is -4.84. The molecule has 0 aliphatic rings. The molecular weight excluding hydrogens is 289 g/mol. The van der Waals surface area contributed by atoms with Gasteiger partial charge in [-0.15, -0.1) is 13.2 Å². The van der Waals surface area contributed by atoms with Gasteiger partial charge in [-0.05, 0) is 12.1 Å². The number of hydrogen-bond acceptors (Lipinski definition) is 4. The Labute approximate surface area is 117 Å². The second kappa shape index (κ2) is 5.73. The lowest BCUT2D eigenvalue weighted by Crippen LogP contribution is -2.22. The standard InChI is InChI=1S/C12H11F3N4O2/c13-12(14,15)21-10-4-2-1-3-9(10)18-11(20)7-19-6-8(16)5-17-19/h1-6H,7,16H2,(H,18,20). The van der Waals surface area contributed by atoms with E-state index in [1.54, 1.807) is 0 Å². The van der Waals surface area contributed by atoms with Crippen LogP contribution >= 0.6 is 0 Å². The van der Waals surface area contributed by atoms with Gasteiger partial charge in [0.1, 0.15) is 6.54 Å². The van der Waals surface area contributed by atoms with Crippen LogP contribution in [-0.4, -0.2) is 22.1 Å². The van der Waals surface area contributed by atoms with Crippen LogP contribution in [-0.2, 0) is 11.3 Å². The largest absolute Gasteiger partial charge is 0.573 e. The number of nitrogens with one attached hydrogen (secondary N) is 1. The van der Waals surface area contributed by atoms with E-state index in [0.717, 1.165) is 6.07 Å². The Balaban J connectivity index is 2.07. The van der Waals surface area contributed by atoms with Crippen molar-refractivity contribution in [3.8, 4) is 5.75 Å². The average molecular weight is 300 g/mol. The summed E-state index contributed by atoms with van der Waals surface area (Å²) < 4.78 is 41.8. The van der Waals surface area contributed by atoms with Gasteiger partial charge in [-0.1, -0.05) is 12.1 Å². The predicted octanol–water partition coefficient (Wildman–Crippen LogP) is 2.00. The maximum absolute atomic E-state index is 12.2. The summed E-state index contributed by atoms with van der Waals surface area (Å²) in [7, 11) is 0. The molecule has 1 heterocycles. The van der Waals surface area contributed by atoms with Crippen molar-refractivity contribution in [1.82, 2.24) is 9.78 Å². The second-order valence-corrected chi connectivity index (χ2v) is 4.06. The molecule has 0 spiro atoms. The molecule has 112 valence electrons. The van der Waals surface area contributed by atoms with Crippen LogP contribution in [0.2, 0.25) is 0 Å². The van der Waals surface area contributed by atoms with Crippen LogP contribution in [0.4, 0.5) is 24.5 Å². The van der Waals surface area contributed by atoms with Crippen LogP contribution in [0.25, 0.3) is 0 Å². The van der Waals surface area contributed by atoms with Crippen LogP contribution in [0.3, 0.4) is 0 Å². The third kappa shape index (κ3) is 4.41. The van der Waals surface area contributed by atoms with Crippen LogP contribution < -0.4 is 15.8 Å². The topological polar surface area (TPSA) is 82.2 Å². The highest BCUT2D eigenvalue weighted by Crippen LogP contribution is 2.29. The monoisotopic (exact) mass is 300 g/mol. The summed E-state index contributed by atoms with van der Waals surface area (Å²) in [6.07, 6.45) is -2.05. The maximum atomic E-state index is 12.2. The van der Waals surface area contributed by atoms with Crippen molar-refractivity contribution in [2.24, 2.45) is 0 Å². The highest BCUT2D eigenvalue weighted by molar-refractivity contribution is 5.92. The van der Waals surface area contributed by atoms with E-state index in [4.69, 9.17) is 5.73 Å². The molecule has 0 unspecified atom stereocenters. The molecule has 0 saturated heterocycles. The van der Waals surface area contributed by atoms with E-state index < -0.39 is 18.0 Å². The molecule has 0 saturated carbocycles. The van der Waals surface area contributed by atoms with Gasteiger partial charge in [0.2, 0.25) is 5.91 Å². The first-order valence-corrected chi connectivity index (χ1v) is 5.76. The molecule has 2 aromatic rings. The number of rotatable bonds is 4. The highest BCUT2D eigenvalue weighted by Gasteiger charge is 2.32. The minimum Gasteiger partial charge on any atom is -0.404 e. The van der Waals surface area contributed by atoms with Crippen molar-refractivity contribution >= 4 is 17.3 Å². The van der Waals surface area contributed by atoms with Gasteiger partial charge in [0.15, 0.2) is 5.75 Å². The first-order chi connectivity index (χ1) is 9.83. The van der Waals surface area contributed by atoms with E-state index >= 15 is 0 Å². The van der Waals surface area contributed by atoms with Gasteiger partial charge in [0.05, 0.1) is 17.6 Å². The smallest absolute Gasteiger partial charge is 0.404 e. The van der Waals surface area contributed by atoms with E-state index in [1.165, 1.54) is 35.3 Å². The molecule has 2 rings (SSSR count). The van der Waals surface area contributed by atoms with E-state index in [0.29, 0.717) is 5.69 Å². The molecule has 0 radical (unpaired) electrons. The fourth-order valence-electron chi connectivity index (χ4n) is 1.59. The SMILES string of the molecule is Nc1cnn(CC(=O)Nc2ccccc2OC(F)(F)F)c1. The summed E-state index contributed by atoms with van der Waals surface area (Å²) in [5.41, 5.74) is 5.74. The number of benzene rings is 1. The predicted molar refractivity (Wildman–Crippen MR) is 68.4 cm³/mol. The molecule has 1 amide bonds. The van der Waals surface area contributed by atoms with Crippen LogP contribution in [0, 0.1) is 0 Å². The maximum Gasteiger partial charge on any atom is 0.573 e. The molecule has 0 atom stereocenters. The number of hydrogen-bond donors (Lipinski definition) is 2. The lowest BCUT2D eigenvalue weighted by molar-refractivity contribution is -0.274. The number of anilines is 2. The van der Waals surface area contributed by atoms with Gasteiger partial charge in [-0.2, -0.15) is 5.10 Å². The van der Waals surface area contributed by atoms with Crippen LogP contribution in [0.1, 0.15) is 0 Å².